The van der Waals surface area contributed by atoms with Gasteiger partial charge in [-0.25, -0.2) is 0 Å². The highest BCUT2D eigenvalue weighted by atomic mass is 16.6. The van der Waals surface area contributed by atoms with Crippen LogP contribution in [0.25, 0.3) is 0 Å². The van der Waals surface area contributed by atoms with E-state index in [1.165, 1.54) is 6.92 Å². The number of nitrogens with one attached hydrogen (secondary N) is 1. The summed E-state index contributed by atoms with van der Waals surface area (Å²) in [6, 6.07) is -0.394. The van der Waals surface area contributed by atoms with Gasteiger partial charge in [0.2, 0.25) is 0 Å². The molecule has 9 heteroatoms. The average Bonchev–Trinajstić information content (AvgIpc) is 2.87. The van der Waals surface area contributed by atoms with Gasteiger partial charge in [0, 0.05) is 25.0 Å². The third-order valence-corrected chi connectivity index (χ3v) is 9.00. The van der Waals surface area contributed by atoms with Gasteiger partial charge in [0.15, 0.2) is 0 Å². The molecule has 0 saturated carbocycles. The van der Waals surface area contributed by atoms with Crippen molar-refractivity contribution in [3.05, 3.63) is 0 Å². The molecular formula is C30H59N3O6. The zero-order valence-electron chi connectivity index (χ0n) is 26.6. The van der Waals surface area contributed by atoms with Gasteiger partial charge in [-0.15, -0.1) is 0 Å². The monoisotopic (exact) mass is 557 g/mol. The molecule has 0 aromatic heterocycles. The van der Waals surface area contributed by atoms with Gasteiger partial charge >= 0.3 is 5.97 Å². The summed E-state index contributed by atoms with van der Waals surface area (Å²) in [5, 5.41) is 25.9. The van der Waals surface area contributed by atoms with E-state index in [0.29, 0.717) is 32.5 Å². The largest absolute Gasteiger partial charge is 0.459 e. The van der Waals surface area contributed by atoms with E-state index in [0.717, 1.165) is 19.5 Å². The molecule has 1 aliphatic rings. The summed E-state index contributed by atoms with van der Waals surface area (Å²) in [6.07, 6.45) is -0.0427. The Balaban J connectivity index is 3.23. The van der Waals surface area contributed by atoms with Crippen LogP contribution in [0.15, 0.2) is 0 Å². The second-order valence-electron chi connectivity index (χ2n) is 12.8. The standard InChI is InChI=1S/C30H59N3O6/c1-12-25-30(8,37)27(35)24(6)33(11)19-20(2)18-29(7,38-17-15-31-14-13-16-32(9)10)23(5)21(3)26(34)22(4)28(36)39-25/h20-25,27,31,35,37H,12-19H2,1-11H3. The van der Waals surface area contributed by atoms with Crippen molar-refractivity contribution in [2.75, 3.05) is 53.9 Å². The van der Waals surface area contributed by atoms with Crippen LogP contribution in [0, 0.1) is 23.7 Å². The number of ether oxygens (including phenoxy) is 2. The van der Waals surface area contributed by atoms with Gasteiger partial charge in [-0.05, 0) is 93.0 Å². The molecule has 9 unspecified atom stereocenters. The zero-order valence-corrected chi connectivity index (χ0v) is 26.6. The fourth-order valence-corrected chi connectivity index (χ4v) is 5.86. The van der Waals surface area contributed by atoms with E-state index in [1.54, 1.807) is 13.8 Å². The normalized spacial score (nSPS) is 38.4. The van der Waals surface area contributed by atoms with Gasteiger partial charge in [-0.2, -0.15) is 0 Å². The molecule has 0 aliphatic carbocycles. The Morgan fingerprint density at radius 3 is 2.31 bits per heavy atom. The van der Waals surface area contributed by atoms with E-state index in [4.69, 9.17) is 9.47 Å². The summed E-state index contributed by atoms with van der Waals surface area (Å²) < 4.78 is 12.2. The second kappa shape index (κ2) is 15.8. The number of ketones is 1. The molecule has 1 rings (SSSR count). The number of aliphatic hydroxyl groups is 2. The number of esters is 1. The first-order chi connectivity index (χ1) is 18.0. The molecular weight excluding hydrogens is 498 g/mol. The van der Waals surface area contributed by atoms with Gasteiger partial charge in [-0.3, -0.25) is 9.59 Å². The summed E-state index contributed by atoms with van der Waals surface area (Å²) in [7, 11) is 6.06. The number of carbonyl (C=O) groups excluding carboxylic acids is 2. The van der Waals surface area contributed by atoms with Crippen molar-refractivity contribution in [3.63, 3.8) is 0 Å². The number of nitrogens with zero attached hydrogens (tertiary/aromatic N) is 2. The summed E-state index contributed by atoms with van der Waals surface area (Å²) in [5.74, 6) is -2.28. The van der Waals surface area contributed by atoms with Crippen molar-refractivity contribution in [2.24, 2.45) is 23.7 Å². The Morgan fingerprint density at radius 2 is 1.74 bits per heavy atom. The molecule has 0 aromatic carbocycles. The first-order valence-corrected chi connectivity index (χ1v) is 14.8. The highest BCUT2D eigenvalue weighted by molar-refractivity contribution is 5.99. The summed E-state index contributed by atoms with van der Waals surface area (Å²) >= 11 is 0. The maximum atomic E-state index is 13.5. The third-order valence-electron chi connectivity index (χ3n) is 9.00. The van der Waals surface area contributed by atoms with Gasteiger partial charge in [0.25, 0.3) is 0 Å². The van der Waals surface area contributed by atoms with Crippen molar-refractivity contribution >= 4 is 11.8 Å². The average molecular weight is 558 g/mol. The van der Waals surface area contributed by atoms with Crippen LogP contribution in [0.4, 0.5) is 0 Å². The highest BCUT2D eigenvalue weighted by Gasteiger charge is 2.47. The number of aliphatic hydroxyl groups excluding tert-OH is 1. The van der Waals surface area contributed by atoms with E-state index in [2.05, 4.69) is 38.2 Å². The predicted octanol–water partition coefficient (Wildman–Crippen LogP) is 2.57. The number of hydrogen-bond acceptors (Lipinski definition) is 9. The molecule has 3 N–H and O–H groups in total. The summed E-state index contributed by atoms with van der Waals surface area (Å²) in [5.41, 5.74) is -2.29. The lowest BCUT2D eigenvalue weighted by Gasteiger charge is -2.43. The van der Waals surface area contributed by atoms with Gasteiger partial charge < -0.3 is 34.8 Å². The van der Waals surface area contributed by atoms with Crippen LogP contribution in [0.2, 0.25) is 0 Å². The molecule has 1 aliphatic heterocycles. The fraction of sp³-hybridized carbons (Fsp3) is 0.933. The lowest BCUT2D eigenvalue weighted by atomic mass is 9.73. The molecule has 0 spiro atoms. The molecule has 1 heterocycles. The minimum absolute atomic E-state index is 0.153. The van der Waals surface area contributed by atoms with Crippen LogP contribution < -0.4 is 5.32 Å². The lowest BCUT2D eigenvalue weighted by Crippen LogP contribution is -2.59. The summed E-state index contributed by atoms with van der Waals surface area (Å²) in [6.45, 7) is 18.7. The lowest BCUT2D eigenvalue weighted by molar-refractivity contribution is -0.189. The number of cyclic esters (lactones) is 1. The van der Waals surface area contributed by atoms with Crippen molar-refractivity contribution in [1.29, 1.82) is 0 Å². The molecule has 0 amide bonds. The zero-order chi connectivity index (χ0) is 30.1. The van der Waals surface area contributed by atoms with Gasteiger partial charge in [-0.1, -0.05) is 27.7 Å². The van der Waals surface area contributed by atoms with Crippen LogP contribution in [0.3, 0.4) is 0 Å². The maximum Gasteiger partial charge on any atom is 0.316 e. The number of rotatable bonds is 9. The molecule has 0 radical (unpaired) electrons. The first-order valence-electron chi connectivity index (χ1n) is 14.8. The number of carbonyl (C=O) groups is 2. The Kier molecular flexibility index (Phi) is 14.5. The minimum Gasteiger partial charge on any atom is -0.459 e. The van der Waals surface area contributed by atoms with Crippen molar-refractivity contribution < 1.29 is 29.3 Å². The van der Waals surface area contributed by atoms with Crippen molar-refractivity contribution in [2.45, 2.75) is 104 Å². The Morgan fingerprint density at radius 1 is 1.13 bits per heavy atom. The fourth-order valence-electron chi connectivity index (χ4n) is 5.86. The molecule has 9 atom stereocenters. The smallest absolute Gasteiger partial charge is 0.316 e. The third kappa shape index (κ3) is 10.0. The topological polar surface area (TPSA) is 112 Å². The predicted molar refractivity (Wildman–Crippen MR) is 156 cm³/mol. The maximum absolute atomic E-state index is 13.5. The SMILES string of the molecule is CCC1OC(=O)C(C)C(=O)C(C)C(C)C(C)(OCCNCCCN(C)C)CC(C)CN(C)C(C)C(O)C1(C)O. The van der Waals surface area contributed by atoms with E-state index in [1.807, 2.05) is 32.7 Å². The number of hydrogen-bond donors (Lipinski definition) is 3. The number of likely N-dealkylation sites (N-methyl/N-ethyl adjacent to an activating group) is 1. The second-order valence-corrected chi connectivity index (χ2v) is 12.8. The van der Waals surface area contributed by atoms with E-state index >= 15 is 0 Å². The van der Waals surface area contributed by atoms with Gasteiger partial charge in [0.05, 0.1) is 12.2 Å². The molecule has 1 fully saturated rings. The molecule has 230 valence electrons. The van der Waals surface area contributed by atoms with Crippen LogP contribution in [-0.4, -0.2) is 115 Å². The van der Waals surface area contributed by atoms with Gasteiger partial charge in [0.1, 0.15) is 29.5 Å². The first kappa shape index (κ1) is 35.9. The number of Topliss-reactive ketones (excluding diaryl/α,β-unsaturated/α-hetero) is 1. The molecule has 39 heavy (non-hydrogen) atoms. The Labute approximate surface area is 238 Å². The van der Waals surface area contributed by atoms with E-state index < -0.39 is 47.3 Å². The highest BCUT2D eigenvalue weighted by Crippen LogP contribution is 2.37. The quantitative estimate of drug-likeness (QED) is 0.224. The van der Waals surface area contributed by atoms with Crippen LogP contribution in [0.1, 0.15) is 74.7 Å². The summed E-state index contributed by atoms with van der Waals surface area (Å²) in [4.78, 5) is 30.8. The molecule has 0 bridgehead atoms. The van der Waals surface area contributed by atoms with Crippen molar-refractivity contribution in [3.8, 4) is 0 Å². The Hall–Kier alpha value is -1.10. The van der Waals surface area contributed by atoms with Crippen LogP contribution in [-0.2, 0) is 19.1 Å². The van der Waals surface area contributed by atoms with E-state index in [-0.39, 0.29) is 17.6 Å². The van der Waals surface area contributed by atoms with Crippen molar-refractivity contribution in [1.82, 2.24) is 15.1 Å². The van der Waals surface area contributed by atoms with Crippen LogP contribution in [0.5, 0.6) is 0 Å². The molecule has 0 aromatic rings. The molecule has 9 nitrogen and oxygen atoms in total. The minimum atomic E-state index is -1.68. The van der Waals surface area contributed by atoms with Crippen LogP contribution >= 0.6 is 0 Å². The Bertz CT molecular complexity index is 763. The molecule has 1 saturated heterocycles. The van der Waals surface area contributed by atoms with E-state index in [9.17, 15) is 19.8 Å².